The van der Waals surface area contributed by atoms with Crippen molar-refractivity contribution in [3.05, 3.63) is 78.9 Å². The average Bonchev–Trinajstić information content (AvgIpc) is 2.94. The third-order valence-corrected chi connectivity index (χ3v) is 6.33. The maximum absolute atomic E-state index is 12.9. The normalized spacial score (nSPS) is 17.5. The second-order valence-electron chi connectivity index (χ2n) is 8.82. The number of benzene rings is 3. The number of rotatable bonds is 6. The molecule has 0 unspecified atom stereocenters. The van der Waals surface area contributed by atoms with E-state index >= 15 is 0 Å². The Balaban J connectivity index is 1.18. The van der Waals surface area contributed by atoms with Crippen molar-refractivity contribution in [3.63, 3.8) is 0 Å². The first-order valence-electron chi connectivity index (χ1n) is 12.2. The van der Waals surface area contributed by atoms with E-state index in [0.29, 0.717) is 30.5 Å². The number of aliphatic imine (C=N–C) groups is 1. The summed E-state index contributed by atoms with van der Waals surface area (Å²) < 4.78 is 11.0. The van der Waals surface area contributed by atoms with Crippen LogP contribution in [0.1, 0.15) is 6.42 Å². The van der Waals surface area contributed by atoms with E-state index in [9.17, 15) is 9.59 Å². The Morgan fingerprint density at radius 2 is 1.49 bits per heavy atom. The van der Waals surface area contributed by atoms with Crippen molar-refractivity contribution in [2.24, 2.45) is 4.99 Å². The Morgan fingerprint density at radius 3 is 2.16 bits per heavy atom. The number of amides is 2. The predicted octanol–water partition coefficient (Wildman–Crippen LogP) is 3.49. The molecule has 9 heteroatoms. The van der Waals surface area contributed by atoms with Crippen molar-refractivity contribution in [2.45, 2.75) is 12.5 Å². The molecule has 2 amide bonds. The Kier molecular flexibility index (Phi) is 7.21. The summed E-state index contributed by atoms with van der Waals surface area (Å²) in [7, 11) is 1.65. The highest BCUT2D eigenvalue weighted by Crippen LogP contribution is 2.24. The molecule has 0 saturated carbocycles. The number of nitrogens with zero attached hydrogens (tertiary/aromatic N) is 3. The second kappa shape index (κ2) is 11.0. The van der Waals surface area contributed by atoms with Crippen LogP contribution < -0.4 is 25.0 Å². The quantitative estimate of drug-likeness (QED) is 0.539. The summed E-state index contributed by atoms with van der Waals surface area (Å²) in [6.45, 7) is 2.91. The van der Waals surface area contributed by atoms with Gasteiger partial charge in [-0.3, -0.25) is 14.9 Å². The van der Waals surface area contributed by atoms with Crippen molar-refractivity contribution >= 4 is 29.1 Å². The molecule has 3 aromatic carbocycles. The number of guanidine groups is 1. The first kappa shape index (κ1) is 24.2. The second-order valence-corrected chi connectivity index (χ2v) is 8.82. The highest BCUT2D eigenvalue weighted by atomic mass is 16.5. The molecule has 5 rings (SSSR count). The monoisotopic (exact) mass is 499 g/mol. The molecule has 2 aliphatic heterocycles. The van der Waals surface area contributed by atoms with E-state index in [1.54, 1.807) is 31.4 Å². The van der Waals surface area contributed by atoms with E-state index in [0.717, 1.165) is 30.3 Å². The van der Waals surface area contributed by atoms with Crippen LogP contribution in [0.3, 0.4) is 0 Å². The van der Waals surface area contributed by atoms with Crippen LogP contribution in [0.2, 0.25) is 0 Å². The number of methoxy groups -OCH3 is 1. The van der Waals surface area contributed by atoms with Crippen molar-refractivity contribution in [3.8, 4) is 17.2 Å². The van der Waals surface area contributed by atoms with Crippen molar-refractivity contribution in [1.82, 2.24) is 10.2 Å². The van der Waals surface area contributed by atoms with E-state index in [-0.39, 0.29) is 18.2 Å². The van der Waals surface area contributed by atoms with Crippen molar-refractivity contribution in [2.75, 3.05) is 43.5 Å². The van der Waals surface area contributed by atoms with Crippen LogP contribution in [-0.4, -0.2) is 62.0 Å². The number of hydrogen-bond donors (Lipinski definition) is 2. The lowest BCUT2D eigenvalue weighted by atomic mass is 10.1. The Morgan fingerprint density at radius 1 is 0.865 bits per heavy atom. The minimum Gasteiger partial charge on any atom is -0.497 e. The highest BCUT2D eigenvalue weighted by Gasteiger charge is 2.30. The van der Waals surface area contributed by atoms with Crippen LogP contribution in [0, 0.1) is 0 Å². The van der Waals surface area contributed by atoms with Crippen LogP contribution in [-0.2, 0) is 9.59 Å². The molecule has 1 saturated heterocycles. The van der Waals surface area contributed by atoms with Gasteiger partial charge in [-0.15, -0.1) is 0 Å². The molecule has 0 spiro atoms. The summed E-state index contributed by atoms with van der Waals surface area (Å²) >= 11 is 0. The van der Waals surface area contributed by atoms with Gasteiger partial charge >= 0.3 is 0 Å². The zero-order chi connectivity index (χ0) is 25.6. The maximum Gasteiger partial charge on any atom is 0.249 e. The molecular formula is C28H29N5O4. The Labute approximate surface area is 215 Å². The number of hydrogen-bond acceptors (Lipinski definition) is 7. The molecule has 2 N–H and O–H groups in total. The molecule has 1 fully saturated rings. The number of carbonyl (C=O) groups is 2. The van der Waals surface area contributed by atoms with E-state index in [1.807, 2.05) is 59.5 Å². The predicted molar refractivity (Wildman–Crippen MR) is 142 cm³/mol. The Hall–Kier alpha value is -4.53. The minimum absolute atomic E-state index is 0.0103. The van der Waals surface area contributed by atoms with Crippen LogP contribution >= 0.6 is 0 Å². The number of nitrogens with one attached hydrogen (secondary N) is 2. The summed E-state index contributed by atoms with van der Waals surface area (Å²) in [6, 6.07) is 23.8. The van der Waals surface area contributed by atoms with Gasteiger partial charge in [-0.25, -0.2) is 4.99 Å². The molecule has 0 aromatic heterocycles. The lowest BCUT2D eigenvalue weighted by molar-refractivity contribution is -0.125. The molecule has 2 aliphatic rings. The molecule has 0 radical (unpaired) electrons. The van der Waals surface area contributed by atoms with E-state index in [1.165, 1.54) is 0 Å². The lowest BCUT2D eigenvalue weighted by Crippen LogP contribution is -2.56. The average molecular weight is 500 g/mol. The zero-order valence-electron chi connectivity index (χ0n) is 20.6. The van der Waals surface area contributed by atoms with Crippen LogP contribution in [0.4, 0.5) is 11.4 Å². The first-order valence-corrected chi connectivity index (χ1v) is 12.2. The van der Waals surface area contributed by atoms with Crippen LogP contribution in [0.15, 0.2) is 83.9 Å². The molecular weight excluding hydrogens is 470 g/mol. The molecule has 1 atom stereocenters. The van der Waals surface area contributed by atoms with Gasteiger partial charge in [-0.1, -0.05) is 18.2 Å². The van der Waals surface area contributed by atoms with Crippen molar-refractivity contribution < 1.29 is 19.1 Å². The fourth-order valence-electron chi connectivity index (χ4n) is 4.31. The first-order chi connectivity index (χ1) is 18.1. The van der Waals surface area contributed by atoms with Gasteiger partial charge in [-0.2, -0.15) is 0 Å². The highest BCUT2D eigenvalue weighted by molar-refractivity contribution is 6.06. The van der Waals surface area contributed by atoms with E-state index in [4.69, 9.17) is 9.47 Å². The standard InChI is InChI=1S/C28H29N5O4/c1-36-22-13-9-21(10-14-22)32-15-17-33(18-16-32)28-30-25(19-26(34)31-28)27(35)29-20-7-11-24(12-8-20)37-23-5-3-2-4-6-23/h2-14,25H,15-19H2,1H3,(H,29,35)(H,30,31,34)/t25-/m1/s1. The fourth-order valence-corrected chi connectivity index (χ4v) is 4.31. The van der Waals surface area contributed by atoms with Gasteiger partial charge in [0.25, 0.3) is 0 Å². The number of piperazine rings is 1. The third kappa shape index (κ3) is 6.00. The number of para-hydroxylation sites is 1. The van der Waals surface area contributed by atoms with Crippen LogP contribution in [0.25, 0.3) is 0 Å². The lowest BCUT2D eigenvalue weighted by Gasteiger charge is -2.38. The van der Waals surface area contributed by atoms with Gasteiger partial charge in [0.05, 0.1) is 13.5 Å². The summed E-state index contributed by atoms with van der Waals surface area (Å²) in [5.41, 5.74) is 1.73. The van der Waals surface area contributed by atoms with Gasteiger partial charge in [0.1, 0.15) is 23.3 Å². The summed E-state index contributed by atoms with van der Waals surface area (Å²) in [6.07, 6.45) is 0.0103. The number of ether oxygens (including phenoxy) is 2. The zero-order valence-corrected chi connectivity index (χ0v) is 20.6. The molecule has 190 valence electrons. The summed E-state index contributed by atoms with van der Waals surface area (Å²) in [5, 5.41) is 5.71. The third-order valence-electron chi connectivity index (χ3n) is 6.33. The van der Waals surface area contributed by atoms with Gasteiger partial charge < -0.3 is 24.6 Å². The molecule has 0 bridgehead atoms. The molecule has 2 heterocycles. The molecule has 37 heavy (non-hydrogen) atoms. The Bertz CT molecular complexity index is 1250. The summed E-state index contributed by atoms with van der Waals surface area (Å²) in [4.78, 5) is 34.2. The van der Waals surface area contributed by atoms with Gasteiger partial charge in [-0.05, 0) is 60.7 Å². The van der Waals surface area contributed by atoms with Gasteiger partial charge in [0.15, 0.2) is 0 Å². The van der Waals surface area contributed by atoms with Gasteiger partial charge in [0, 0.05) is 37.6 Å². The topological polar surface area (TPSA) is 95.5 Å². The SMILES string of the molecule is COc1ccc(N2CCN(C3=N[C@@H](C(=O)Nc4ccc(Oc5ccccc5)cc4)CC(=O)N3)CC2)cc1. The minimum atomic E-state index is -0.788. The maximum atomic E-state index is 12.9. The van der Waals surface area contributed by atoms with E-state index < -0.39 is 6.04 Å². The molecule has 0 aliphatic carbocycles. The van der Waals surface area contributed by atoms with Gasteiger partial charge in [0.2, 0.25) is 17.8 Å². The fraction of sp³-hybridized carbons (Fsp3) is 0.250. The molecule has 9 nitrogen and oxygen atoms in total. The largest absolute Gasteiger partial charge is 0.497 e. The number of carbonyl (C=O) groups excluding carboxylic acids is 2. The number of anilines is 2. The van der Waals surface area contributed by atoms with Crippen molar-refractivity contribution in [1.29, 1.82) is 0 Å². The summed E-state index contributed by atoms with van der Waals surface area (Å²) in [5.74, 6) is 2.14. The smallest absolute Gasteiger partial charge is 0.249 e. The van der Waals surface area contributed by atoms with Crippen LogP contribution in [0.5, 0.6) is 17.2 Å². The van der Waals surface area contributed by atoms with E-state index in [2.05, 4.69) is 20.5 Å². The molecule has 3 aromatic rings.